The summed E-state index contributed by atoms with van der Waals surface area (Å²) in [5.74, 6) is -0.188. The number of nitrogens with zero attached hydrogens (tertiary/aromatic N) is 2. The summed E-state index contributed by atoms with van der Waals surface area (Å²) in [5, 5.41) is 3.27. The molecule has 102 valence electrons. The van der Waals surface area contributed by atoms with Crippen molar-refractivity contribution in [3.8, 4) is 0 Å². The van der Waals surface area contributed by atoms with Crippen molar-refractivity contribution in [2.24, 2.45) is 0 Å². The predicted octanol–water partition coefficient (Wildman–Crippen LogP) is 2.48. The van der Waals surface area contributed by atoms with Crippen LogP contribution < -0.4 is 0 Å². The summed E-state index contributed by atoms with van der Waals surface area (Å²) >= 11 is 1.70. The minimum atomic E-state index is -0.188. The molecule has 0 bridgehead atoms. The Morgan fingerprint density at radius 1 is 1.44 bits per heavy atom. The van der Waals surface area contributed by atoms with Gasteiger partial charge in [-0.1, -0.05) is 13.8 Å². The number of hydrogen-bond donors (Lipinski definition) is 0. The third-order valence-corrected chi connectivity index (χ3v) is 3.53. The van der Waals surface area contributed by atoms with Crippen molar-refractivity contribution in [1.29, 1.82) is 0 Å². The Morgan fingerprint density at radius 3 is 2.83 bits per heavy atom. The molecule has 0 saturated carbocycles. The summed E-state index contributed by atoms with van der Waals surface area (Å²) in [6, 6.07) is 0. The molecule has 5 heteroatoms. The molecular weight excluding hydrogens is 248 g/mol. The van der Waals surface area contributed by atoms with E-state index in [1.54, 1.807) is 11.3 Å². The molecule has 1 aromatic heterocycles. The Hall–Kier alpha value is -0.940. The van der Waals surface area contributed by atoms with Gasteiger partial charge >= 0.3 is 5.97 Å². The van der Waals surface area contributed by atoms with Gasteiger partial charge in [-0.15, -0.1) is 11.3 Å². The number of methoxy groups -OCH3 is 1. The van der Waals surface area contributed by atoms with Crippen LogP contribution in [0.1, 0.15) is 37.4 Å². The lowest BCUT2D eigenvalue weighted by atomic mass is 10.3. The lowest BCUT2D eigenvalue weighted by molar-refractivity contribution is -0.142. The van der Waals surface area contributed by atoms with Crippen LogP contribution >= 0.6 is 11.3 Å². The summed E-state index contributed by atoms with van der Waals surface area (Å²) in [4.78, 5) is 18.0. The zero-order chi connectivity index (χ0) is 13.4. The zero-order valence-electron chi connectivity index (χ0n) is 11.4. The van der Waals surface area contributed by atoms with E-state index in [1.165, 1.54) is 12.1 Å². The molecular formula is C13H22N2O2S. The SMILES string of the molecule is CCCc1nc(CN(CCC)CC(=O)OC)cs1. The van der Waals surface area contributed by atoms with Crippen LogP contribution in [0.25, 0.3) is 0 Å². The molecule has 0 amide bonds. The number of aryl methyl sites for hydroxylation is 1. The first kappa shape index (κ1) is 15.1. The van der Waals surface area contributed by atoms with Gasteiger partial charge < -0.3 is 4.74 Å². The number of esters is 1. The number of ether oxygens (including phenoxy) is 1. The molecule has 0 aliphatic heterocycles. The van der Waals surface area contributed by atoms with Crippen molar-refractivity contribution >= 4 is 17.3 Å². The third-order valence-electron chi connectivity index (χ3n) is 2.57. The lowest BCUT2D eigenvalue weighted by Gasteiger charge is -2.18. The molecule has 0 aromatic carbocycles. The third kappa shape index (κ3) is 5.14. The predicted molar refractivity (Wildman–Crippen MR) is 73.7 cm³/mol. The van der Waals surface area contributed by atoms with E-state index in [2.05, 4.69) is 29.1 Å². The number of carbonyl (C=O) groups is 1. The minimum Gasteiger partial charge on any atom is -0.468 e. The van der Waals surface area contributed by atoms with Crippen LogP contribution in [0, 0.1) is 0 Å². The first-order valence-corrected chi connectivity index (χ1v) is 7.30. The highest BCUT2D eigenvalue weighted by Gasteiger charge is 2.12. The van der Waals surface area contributed by atoms with Crippen LogP contribution in [0.5, 0.6) is 0 Å². The minimum absolute atomic E-state index is 0.188. The fraction of sp³-hybridized carbons (Fsp3) is 0.692. The van der Waals surface area contributed by atoms with Gasteiger partial charge in [0.15, 0.2) is 0 Å². The second-order valence-electron chi connectivity index (χ2n) is 4.27. The molecule has 0 N–H and O–H groups in total. The van der Waals surface area contributed by atoms with Gasteiger partial charge in [-0.25, -0.2) is 4.98 Å². The smallest absolute Gasteiger partial charge is 0.319 e. The highest BCUT2D eigenvalue weighted by molar-refractivity contribution is 7.09. The van der Waals surface area contributed by atoms with Gasteiger partial charge in [0.25, 0.3) is 0 Å². The summed E-state index contributed by atoms with van der Waals surface area (Å²) in [6.07, 6.45) is 3.17. The van der Waals surface area contributed by atoms with Crippen LogP contribution in [0.15, 0.2) is 5.38 Å². The van der Waals surface area contributed by atoms with Gasteiger partial charge in [0, 0.05) is 11.9 Å². The van der Waals surface area contributed by atoms with Crippen LogP contribution in [-0.4, -0.2) is 36.1 Å². The zero-order valence-corrected chi connectivity index (χ0v) is 12.3. The molecule has 0 aliphatic carbocycles. The Balaban J connectivity index is 2.55. The maximum absolute atomic E-state index is 11.3. The normalized spacial score (nSPS) is 10.9. The van der Waals surface area contributed by atoms with E-state index in [-0.39, 0.29) is 5.97 Å². The lowest BCUT2D eigenvalue weighted by Crippen LogP contribution is -2.31. The molecule has 0 atom stereocenters. The van der Waals surface area contributed by atoms with E-state index in [0.717, 1.165) is 38.0 Å². The van der Waals surface area contributed by atoms with Crippen molar-refractivity contribution in [3.05, 3.63) is 16.1 Å². The van der Waals surface area contributed by atoms with Crippen LogP contribution in [0.3, 0.4) is 0 Å². The van der Waals surface area contributed by atoms with E-state index in [1.807, 2.05) is 0 Å². The van der Waals surface area contributed by atoms with Crippen LogP contribution in [-0.2, 0) is 22.5 Å². The summed E-state index contributed by atoms with van der Waals surface area (Å²) in [7, 11) is 1.43. The van der Waals surface area contributed by atoms with E-state index < -0.39 is 0 Å². The molecule has 0 saturated heterocycles. The molecule has 0 fully saturated rings. The molecule has 1 heterocycles. The maximum Gasteiger partial charge on any atom is 0.319 e. The molecule has 0 aliphatic rings. The number of aromatic nitrogens is 1. The molecule has 1 aromatic rings. The molecule has 0 radical (unpaired) electrons. The Labute approximate surface area is 113 Å². The van der Waals surface area contributed by atoms with Gasteiger partial charge in [0.2, 0.25) is 0 Å². The highest BCUT2D eigenvalue weighted by Crippen LogP contribution is 2.13. The Bertz CT molecular complexity index is 366. The number of carbonyl (C=O) groups excluding carboxylic acids is 1. The second kappa shape index (κ2) is 8.21. The van der Waals surface area contributed by atoms with E-state index in [9.17, 15) is 4.79 Å². The number of hydrogen-bond acceptors (Lipinski definition) is 5. The fourth-order valence-electron chi connectivity index (χ4n) is 1.76. The van der Waals surface area contributed by atoms with E-state index >= 15 is 0 Å². The van der Waals surface area contributed by atoms with Gasteiger partial charge in [0.05, 0.1) is 24.4 Å². The monoisotopic (exact) mass is 270 g/mol. The maximum atomic E-state index is 11.3. The Morgan fingerprint density at radius 2 is 2.22 bits per heavy atom. The van der Waals surface area contributed by atoms with Crippen molar-refractivity contribution in [2.75, 3.05) is 20.2 Å². The summed E-state index contributed by atoms with van der Waals surface area (Å²) in [6.45, 7) is 6.21. The summed E-state index contributed by atoms with van der Waals surface area (Å²) in [5.41, 5.74) is 1.06. The standard InChI is InChI=1S/C13H22N2O2S/c1-4-6-12-14-11(10-18-12)8-15(7-5-2)9-13(16)17-3/h10H,4-9H2,1-3H3. The number of thiazole rings is 1. The van der Waals surface area contributed by atoms with E-state index in [4.69, 9.17) is 4.74 Å². The first-order chi connectivity index (χ1) is 8.69. The fourth-order valence-corrected chi connectivity index (χ4v) is 2.65. The first-order valence-electron chi connectivity index (χ1n) is 6.42. The summed E-state index contributed by atoms with van der Waals surface area (Å²) < 4.78 is 4.71. The quantitative estimate of drug-likeness (QED) is 0.681. The molecule has 1 rings (SSSR count). The van der Waals surface area contributed by atoms with Gasteiger partial charge in [-0.3, -0.25) is 9.69 Å². The van der Waals surface area contributed by atoms with Crippen molar-refractivity contribution in [1.82, 2.24) is 9.88 Å². The number of rotatable bonds is 8. The average Bonchev–Trinajstić information content (AvgIpc) is 2.77. The molecule has 18 heavy (non-hydrogen) atoms. The highest BCUT2D eigenvalue weighted by atomic mass is 32.1. The van der Waals surface area contributed by atoms with Gasteiger partial charge in [-0.05, 0) is 25.8 Å². The Kier molecular flexibility index (Phi) is 6.90. The van der Waals surface area contributed by atoms with Crippen molar-refractivity contribution < 1.29 is 9.53 Å². The van der Waals surface area contributed by atoms with Gasteiger partial charge in [0.1, 0.15) is 0 Å². The largest absolute Gasteiger partial charge is 0.468 e. The average molecular weight is 270 g/mol. The van der Waals surface area contributed by atoms with Crippen LogP contribution in [0.4, 0.5) is 0 Å². The van der Waals surface area contributed by atoms with E-state index in [0.29, 0.717) is 6.54 Å². The topological polar surface area (TPSA) is 42.4 Å². The van der Waals surface area contributed by atoms with Crippen LogP contribution in [0.2, 0.25) is 0 Å². The van der Waals surface area contributed by atoms with Crippen molar-refractivity contribution in [3.63, 3.8) is 0 Å². The van der Waals surface area contributed by atoms with Crippen molar-refractivity contribution in [2.45, 2.75) is 39.7 Å². The molecule has 4 nitrogen and oxygen atoms in total. The molecule has 0 unspecified atom stereocenters. The van der Waals surface area contributed by atoms with Gasteiger partial charge in [-0.2, -0.15) is 0 Å². The second-order valence-corrected chi connectivity index (χ2v) is 5.21. The molecule has 0 spiro atoms.